The van der Waals surface area contributed by atoms with Crippen LogP contribution in [0, 0.1) is 30.6 Å². The van der Waals surface area contributed by atoms with E-state index in [4.69, 9.17) is 18.9 Å². The van der Waals surface area contributed by atoms with Crippen molar-refractivity contribution in [2.45, 2.75) is 85.6 Å². The molecule has 0 saturated heterocycles. The fourth-order valence-electron chi connectivity index (χ4n) is 7.60. The Kier molecular flexibility index (Phi) is 13.9. The van der Waals surface area contributed by atoms with Crippen molar-refractivity contribution in [3.63, 3.8) is 0 Å². The minimum Gasteiger partial charge on any atom is -0.507 e. The van der Waals surface area contributed by atoms with E-state index >= 15 is 0 Å². The molecule has 0 fully saturated rings. The highest BCUT2D eigenvalue weighted by atomic mass is 16.7. The van der Waals surface area contributed by atoms with Crippen LogP contribution in [0.3, 0.4) is 0 Å². The first-order valence-corrected chi connectivity index (χ1v) is 19.6. The molecule has 3 aliphatic rings. The van der Waals surface area contributed by atoms with Crippen molar-refractivity contribution in [2.75, 3.05) is 12.4 Å². The predicted molar refractivity (Wildman–Crippen MR) is 223 cm³/mol. The zero-order valence-corrected chi connectivity index (χ0v) is 35.3. The number of nitrogens with one attached hydrogen (secondary N) is 2. The van der Waals surface area contributed by atoms with Gasteiger partial charge in [0.05, 0.1) is 53.0 Å². The number of esters is 1. The number of rotatable bonds is 5. The average molecular weight is 845 g/mol. The number of ketones is 1. The van der Waals surface area contributed by atoms with E-state index in [9.17, 15) is 44.7 Å². The van der Waals surface area contributed by atoms with Crippen LogP contribution in [0.2, 0.25) is 0 Å². The molecule has 6 rings (SSSR count). The van der Waals surface area contributed by atoms with E-state index in [1.807, 2.05) is 0 Å². The molecule has 2 amide bonds. The third-order valence-corrected chi connectivity index (χ3v) is 11.3. The number of nitrogens with zero attached hydrogens (tertiary/aromatic N) is 2. The molecule has 326 valence electrons. The van der Waals surface area contributed by atoms with Gasteiger partial charge in [-0.15, -0.1) is 0 Å². The topological polar surface area (TPSA) is 256 Å². The number of aliphatic hydroxyl groups excluding tert-OH is 2. The lowest BCUT2D eigenvalue weighted by molar-refractivity contribution is -0.160. The Labute approximate surface area is 352 Å². The number of aromatic nitrogens is 1. The number of Topliss-reactive ketones (excluding diaryl/α,β-unsaturated/α-hetero) is 1. The second-order valence-electron chi connectivity index (χ2n) is 15.6. The van der Waals surface area contributed by atoms with Crippen molar-refractivity contribution >= 4 is 46.2 Å². The Bertz CT molecular complexity index is 2320. The number of hydrogen-bond acceptors (Lipinski definition) is 15. The summed E-state index contributed by atoms with van der Waals surface area (Å²) in [5, 5.41) is 63.9. The fourth-order valence-corrected chi connectivity index (χ4v) is 7.60. The van der Waals surface area contributed by atoms with E-state index in [-0.39, 0.29) is 39.0 Å². The molecule has 0 spiro atoms. The van der Waals surface area contributed by atoms with E-state index < -0.39 is 106 Å². The number of pyridine rings is 1. The summed E-state index contributed by atoms with van der Waals surface area (Å²) in [5.41, 5.74) is 1.50. The number of aromatic hydroxyl groups is 3. The molecule has 0 aliphatic carbocycles. The molecule has 0 saturated carbocycles. The van der Waals surface area contributed by atoms with E-state index in [0.717, 1.165) is 12.5 Å². The first kappa shape index (κ1) is 45.8. The molecule has 0 unspecified atom stereocenters. The number of ether oxygens (including phenoxy) is 4. The predicted octanol–water partition coefficient (Wildman–Crippen LogP) is 4.91. The lowest BCUT2D eigenvalue weighted by Gasteiger charge is -2.38. The zero-order chi connectivity index (χ0) is 45.1. The van der Waals surface area contributed by atoms with E-state index in [1.54, 1.807) is 33.8 Å². The van der Waals surface area contributed by atoms with Gasteiger partial charge in [-0.25, -0.2) is 5.43 Å². The monoisotopic (exact) mass is 844 g/mol. The van der Waals surface area contributed by atoms with Gasteiger partial charge in [0.2, 0.25) is 0 Å². The number of anilines is 1. The molecule has 9 atom stereocenters. The van der Waals surface area contributed by atoms with Crippen LogP contribution in [0.4, 0.5) is 5.69 Å². The molecule has 0 radical (unpaired) electrons. The Balaban J connectivity index is 1.70. The number of methoxy groups -OCH3 is 1. The summed E-state index contributed by atoms with van der Waals surface area (Å²) in [7, 11) is 1.41. The summed E-state index contributed by atoms with van der Waals surface area (Å²) in [6.07, 6.45) is 6.93. The van der Waals surface area contributed by atoms with Crippen molar-refractivity contribution in [3.05, 3.63) is 82.9 Å². The number of allylic oxidation sites excluding steroid dienone is 2. The van der Waals surface area contributed by atoms with Gasteiger partial charge in [-0.3, -0.25) is 24.2 Å². The minimum atomic E-state index is -2.11. The number of phenolic OH excluding ortho intramolecular Hbond substituents is 3. The van der Waals surface area contributed by atoms with Crippen molar-refractivity contribution in [1.29, 1.82) is 0 Å². The number of amides is 2. The number of hydrogen-bond donors (Lipinski definition) is 7. The number of fused-ring (bicyclic) bond motifs is 14. The van der Waals surface area contributed by atoms with E-state index in [2.05, 4.69) is 20.8 Å². The maximum atomic E-state index is 14.4. The van der Waals surface area contributed by atoms with Gasteiger partial charge >= 0.3 is 11.8 Å². The summed E-state index contributed by atoms with van der Waals surface area (Å²) in [5.74, 6) is -9.87. The molecule has 3 aromatic rings. The lowest BCUT2D eigenvalue weighted by atomic mass is 9.78. The standard InChI is InChI=1S/C44H52N4O13/c1-20-11-10-12-21(2)42(56)47-33-28(19-46-48-43(57)27-13-16-45-17-14-27)37(53)30-31(38(33)54)36(52)25(6)40-32(30)41(55)44(8,61-40)59-18-15-29(58-9)22(3)39(60-26(7)49)24(5)35(51)23(4)34(20)50/h10-20,22-24,29,34-35,39,50-54H,1-9H3,(H,47,56)(H,48,57)/b11-10-,18-15-,21-12-,46-19+/t20-,22+,23+,24+,29-,34-,35+,39+,44-/m0/s1. The number of hydrazone groups is 1. The second-order valence-corrected chi connectivity index (χ2v) is 15.6. The van der Waals surface area contributed by atoms with Crippen LogP contribution < -0.4 is 15.5 Å². The summed E-state index contributed by atoms with van der Waals surface area (Å²) in [6.45, 7) is 12.2. The van der Waals surface area contributed by atoms with Gasteiger partial charge in [-0.2, -0.15) is 5.10 Å². The number of phenols is 3. The first-order valence-electron chi connectivity index (χ1n) is 19.6. The average Bonchev–Trinajstić information content (AvgIpc) is 3.50. The molecular formula is C44H52N4O13. The molecule has 1 aromatic heterocycles. The fraction of sp³-hybridized carbons (Fsp3) is 0.409. The van der Waals surface area contributed by atoms with Crippen molar-refractivity contribution in [2.24, 2.45) is 28.8 Å². The molecule has 7 N–H and O–H groups in total. The number of carbonyl (C=O) groups excluding carboxylic acids is 4. The Morgan fingerprint density at radius 1 is 0.951 bits per heavy atom. The summed E-state index contributed by atoms with van der Waals surface area (Å²) in [6, 6.07) is 2.87. The summed E-state index contributed by atoms with van der Waals surface area (Å²) < 4.78 is 23.5. The summed E-state index contributed by atoms with van der Waals surface area (Å²) in [4.78, 5) is 57.1. The Morgan fingerprint density at radius 2 is 1.62 bits per heavy atom. The third kappa shape index (κ3) is 9.08. The minimum absolute atomic E-state index is 0.0115. The van der Waals surface area contributed by atoms with Crippen LogP contribution in [0.25, 0.3) is 10.8 Å². The third-order valence-electron chi connectivity index (χ3n) is 11.3. The largest absolute Gasteiger partial charge is 0.507 e. The van der Waals surface area contributed by atoms with Crippen molar-refractivity contribution < 1.29 is 63.7 Å². The molecule has 4 heterocycles. The van der Waals surface area contributed by atoms with Crippen LogP contribution in [-0.4, -0.2) is 97.6 Å². The van der Waals surface area contributed by atoms with E-state index in [1.165, 1.54) is 77.6 Å². The highest BCUT2D eigenvalue weighted by Gasteiger charge is 2.50. The van der Waals surface area contributed by atoms with Crippen LogP contribution in [0.1, 0.15) is 80.3 Å². The Morgan fingerprint density at radius 3 is 2.26 bits per heavy atom. The van der Waals surface area contributed by atoms with Crippen LogP contribution in [0.5, 0.6) is 23.0 Å². The maximum absolute atomic E-state index is 14.4. The van der Waals surface area contributed by atoms with Gasteiger partial charge in [0.1, 0.15) is 23.4 Å². The van der Waals surface area contributed by atoms with Gasteiger partial charge in [0, 0.05) is 79.1 Å². The molecule has 2 aromatic carbocycles. The normalized spacial score (nSPS) is 29.3. The first-order chi connectivity index (χ1) is 28.7. The molecule has 17 heteroatoms. The van der Waals surface area contributed by atoms with Crippen LogP contribution in [-0.2, 0) is 23.8 Å². The van der Waals surface area contributed by atoms with Gasteiger partial charge in [0.25, 0.3) is 17.6 Å². The molecule has 17 nitrogen and oxygen atoms in total. The number of benzene rings is 2. The molecule has 5 bridgehead atoms. The highest BCUT2D eigenvalue weighted by molar-refractivity contribution is 6.24. The SMILES string of the molecule is CO[C@H]1/C=C\O[C@@]2(C)Oc3c(C)c(O)c4c(O)c(c(/C=N/NC(=O)c5ccncc5)c(O)c4c3C2=O)NC(=O)/C(C)=C\C=C/[C@H](C)[C@H](O)[C@@H](C)[C@@H](O)[C@@H](C)[C@H](OC(C)=O)[C@@H]1C. The number of aliphatic hydroxyl groups is 2. The molecular weight excluding hydrogens is 792 g/mol. The quantitative estimate of drug-likeness (QED) is 0.0592. The van der Waals surface area contributed by atoms with Crippen LogP contribution >= 0.6 is 0 Å². The van der Waals surface area contributed by atoms with Gasteiger partial charge < -0.3 is 49.8 Å². The maximum Gasteiger partial charge on any atom is 0.312 e. The smallest absolute Gasteiger partial charge is 0.312 e. The van der Waals surface area contributed by atoms with Crippen LogP contribution in [0.15, 0.2) is 65.8 Å². The molecule has 3 aliphatic heterocycles. The van der Waals surface area contributed by atoms with Gasteiger partial charge in [-0.1, -0.05) is 45.9 Å². The van der Waals surface area contributed by atoms with Gasteiger partial charge in [-0.05, 0) is 32.1 Å². The Hall–Kier alpha value is -6.30. The zero-order valence-electron chi connectivity index (χ0n) is 35.3. The van der Waals surface area contributed by atoms with Crippen molar-refractivity contribution in [1.82, 2.24) is 10.4 Å². The van der Waals surface area contributed by atoms with E-state index in [0.29, 0.717) is 0 Å². The number of carbonyl (C=O) groups is 4. The lowest BCUT2D eigenvalue weighted by Crippen LogP contribution is -2.46. The summed E-state index contributed by atoms with van der Waals surface area (Å²) >= 11 is 0. The van der Waals surface area contributed by atoms with Gasteiger partial charge in [0.15, 0.2) is 5.75 Å². The second kappa shape index (κ2) is 18.5. The highest BCUT2D eigenvalue weighted by Crippen LogP contribution is 2.55. The molecule has 61 heavy (non-hydrogen) atoms. The van der Waals surface area contributed by atoms with Crippen molar-refractivity contribution in [3.8, 4) is 23.0 Å².